The Morgan fingerprint density at radius 1 is 1.39 bits per heavy atom. The van der Waals surface area contributed by atoms with E-state index in [9.17, 15) is 8.42 Å². The van der Waals surface area contributed by atoms with E-state index < -0.39 is 10.0 Å². The Morgan fingerprint density at radius 2 is 1.94 bits per heavy atom. The highest BCUT2D eigenvalue weighted by Gasteiger charge is 2.27. The molecule has 5 nitrogen and oxygen atoms in total. The molecule has 0 aliphatic heterocycles. The average Bonchev–Trinajstić information content (AvgIpc) is 2.71. The van der Waals surface area contributed by atoms with Crippen molar-refractivity contribution in [1.29, 1.82) is 0 Å². The Balaban J connectivity index is 3.20. The Labute approximate surface area is 108 Å². The minimum atomic E-state index is -3.60. The maximum atomic E-state index is 12.4. The van der Waals surface area contributed by atoms with Gasteiger partial charge in [0.05, 0.1) is 6.54 Å². The molecule has 0 fully saturated rings. The molecular formula is C12H18N2O3S. The standard InChI is InChI=1S/C12H18N2O3S/c1-4-6-14(7-5-2)18(15,16)12-8-11(9-13)17-10(12)3/h4-5,8H,1-2,6-7,9,13H2,3H3. The van der Waals surface area contributed by atoms with Gasteiger partial charge in [-0.1, -0.05) is 12.2 Å². The van der Waals surface area contributed by atoms with Gasteiger partial charge >= 0.3 is 0 Å². The van der Waals surface area contributed by atoms with Crippen molar-refractivity contribution in [1.82, 2.24) is 4.31 Å². The first kappa shape index (κ1) is 14.7. The lowest BCUT2D eigenvalue weighted by atomic mass is 10.4. The summed E-state index contributed by atoms with van der Waals surface area (Å²) in [5.41, 5.74) is 5.43. The maximum absolute atomic E-state index is 12.4. The number of sulfonamides is 1. The van der Waals surface area contributed by atoms with Crippen molar-refractivity contribution in [2.24, 2.45) is 5.73 Å². The fraction of sp³-hybridized carbons (Fsp3) is 0.333. The molecule has 1 aromatic heterocycles. The number of furan rings is 1. The van der Waals surface area contributed by atoms with Crippen molar-refractivity contribution in [3.05, 3.63) is 42.9 Å². The van der Waals surface area contributed by atoms with Crippen LogP contribution in [0.5, 0.6) is 0 Å². The molecule has 1 aromatic rings. The molecule has 100 valence electrons. The van der Waals surface area contributed by atoms with Crippen molar-refractivity contribution in [2.45, 2.75) is 18.4 Å². The van der Waals surface area contributed by atoms with Gasteiger partial charge in [-0.25, -0.2) is 8.42 Å². The summed E-state index contributed by atoms with van der Waals surface area (Å²) in [5.74, 6) is 0.789. The molecule has 0 aromatic carbocycles. The fourth-order valence-electron chi connectivity index (χ4n) is 1.58. The molecular weight excluding hydrogens is 252 g/mol. The van der Waals surface area contributed by atoms with Gasteiger partial charge < -0.3 is 10.2 Å². The number of nitrogens with zero attached hydrogens (tertiary/aromatic N) is 1. The largest absolute Gasteiger partial charge is 0.464 e. The van der Waals surface area contributed by atoms with Crippen molar-refractivity contribution >= 4 is 10.0 Å². The fourth-order valence-corrected chi connectivity index (χ4v) is 3.15. The molecule has 0 amide bonds. The molecule has 0 saturated carbocycles. The first-order valence-corrected chi connectivity index (χ1v) is 6.92. The van der Waals surface area contributed by atoms with Gasteiger partial charge in [-0.15, -0.1) is 13.2 Å². The second-order valence-corrected chi connectivity index (χ2v) is 5.64. The molecule has 0 aliphatic rings. The zero-order valence-corrected chi connectivity index (χ0v) is 11.2. The third kappa shape index (κ3) is 2.90. The molecule has 0 atom stereocenters. The minimum Gasteiger partial charge on any atom is -0.464 e. The van der Waals surface area contributed by atoms with Crippen LogP contribution in [0.3, 0.4) is 0 Å². The van der Waals surface area contributed by atoms with E-state index in [0.29, 0.717) is 11.5 Å². The van der Waals surface area contributed by atoms with Crippen LogP contribution >= 0.6 is 0 Å². The van der Waals surface area contributed by atoms with Gasteiger partial charge in [0.15, 0.2) is 0 Å². The van der Waals surface area contributed by atoms with E-state index in [-0.39, 0.29) is 24.5 Å². The Morgan fingerprint density at radius 3 is 2.33 bits per heavy atom. The second-order valence-electron chi connectivity index (χ2n) is 3.74. The van der Waals surface area contributed by atoms with E-state index >= 15 is 0 Å². The van der Waals surface area contributed by atoms with Crippen LogP contribution in [0.4, 0.5) is 0 Å². The third-order valence-electron chi connectivity index (χ3n) is 2.41. The zero-order chi connectivity index (χ0) is 13.8. The summed E-state index contributed by atoms with van der Waals surface area (Å²) in [6, 6.07) is 1.46. The lowest BCUT2D eigenvalue weighted by Gasteiger charge is -2.18. The van der Waals surface area contributed by atoms with Crippen LogP contribution in [-0.2, 0) is 16.6 Å². The van der Waals surface area contributed by atoms with Gasteiger partial charge in [0.25, 0.3) is 0 Å². The normalized spacial score (nSPS) is 11.7. The second kappa shape index (κ2) is 5.99. The van der Waals surface area contributed by atoms with Crippen molar-refractivity contribution < 1.29 is 12.8 Å². The van der Waals surface area contributed by atoms with Crippen LogP contribution in [0.15, 0.2) is 40.7 Å². The number of nitrogens with two attached hydrogens (primary N) is 1. The van der Waals surface area contributed by atoms with Crippen LogP contribution in [0.25, 0.3) is 0 Å². The third-order valence-corrected chi connectivity index (χ3v) is 4.35. The van der Waals surface area contributed by atoms with E-state index in [0.717, 1.165) is 0 Å². The number of hydrogen-bond acceptors (Lipinski definition) is 4. The van der Waals surface area contributed by atoms with Gasteiger partial charge in [-0.05, 0) is 6.92 Å². The molecule has 18 heavy (non-hydrogen) atoms. The first-order chi connectivity index (χ1) is 8.47. The highest BCUT2D eigenvalue weighted by Crippen LogP contribution is 2.23. The summed E-state index contributed by atoms with van der Waals surface area (Å²) in [5, 5.41) is 0. The van der Waals surface area contributed by atoms with E-state index in [4.69, 9.17) is 10.2 Å². The van der Waals surface area contributed by atoms with Crippen LogP contribution in [0.1, 0.15) is 11.5 Å². The quantitative estimate of drug-likeness (QED) is 0.760. The SMILES string of the molecule is C=CCN(CC=C)S(=O)(=O)c1cc(CN)oc1C. The summed E-state index contributed by atoms with van der Waals surface area (Å²) >= 11 is 0. The van der Waals surface area contributed by atoms with Crippen LogP contribution in [0.2, 0.25) is 0 Å². The van der Waals surface area contributed by atoms with Crippen molar-refractivity contribution in [2.75, 3.05) is 13.1 Å². The highest BCUT2D eigenvalue weighted by atomic mass is 32.2. The zero-order valence-electron chi connectivity index (χ0n) is 10.4. The van der Waals surface area contributed by atoms with Crippen molar-refractivity contribution in [3.63, 3.8) is 0 Å². The predicted octanol–water partition coefficient (Wildman–Crippen LogP) is 1.41. The Kier molecular flexibility index (Phi) is 4.89. The van der Waals surface area contributed by atoms with Crippen LogP contribution in [0, 0.1) is 6.92 Å². The van der Waals surface area contributed by atoms with E-state index in [1.165, 1.54) is 22.5 Å². The molecule has 0 saturated heterocycles. The highest BCUT2D eigenvalue weighted by molar-refractivity contribution is 7.89. The van der Waals surface area contributed by atoms with E-state index in [1.54, 1.807) is 6.92 Å². The monoisotopic (exact) mass is 270 g/mol. The average molecular weight is 270 g/mol. The summed E-state index contributed by atoms with van der Waals surface area (Å²) in [6.07, 6.45) is 3.06. The molecule has 0 bridgehead atoms. The minimum absolute atomic E-state index is 0.145. The van der Waals surface area contributed by atoms with Gasteiger partial charge in [0.1, 0.15) is 16.4 Å². The smallest absolute Gasteiger partial charge is 0.247 e. The van der Waals surface area contributed by atoms with E-state index in [2.05, 4.69) is 13.2 Å². The summed E-state index contributed by atoms with van der Waals surface area (Å²) in [7, 11) is -3.60. The molecule has 0 radical (unpaired) electrons. The Bertz CT molecular complexity index is 522. The summed E-state index contributed by atoms with van der Waals surface area (Å²) in [4.78, 5) is 0.145. The molecule has 0 unspecified atom stereocenters. The molecule has 0 spiro atoms. The van der Waals surface area contributed by atoms with Crippen LogP contribution in [-0.4, -0.2) is 25.8 Å². The summed E-state index contributed by atoms with van der Waals surface area (Å²) < 4.78 is 31.3. The molecule has 1 rings (SSSR count). The molecule has 1 heterocycles. The van der Waals surface area contributed by atoms with Crippen LogP contribution < -0.4 is 5.73 Å². The van der Waals surface area contributed by atoms with Gasteiger partial charge in [0, 0.05) is 19.2 Å². The number of aryl methyl sites for hydroxylation is 1. The number of hydrogen-bond donors (Lipinski definition) is 1. The topological polar surface area (TPSA) is 76.5 Å². The lowest BCUT2D eigenvalue weighted by molar-refractivity contribution is 0.461. The van der Waals surface area contributed by atoms with Gasteiger partial charge in [-0.2, -0.15) is 4.31 Å². The molecule has 0 aliphatic carbocycles. The molecule has 6 heteroatoms. The Hall–Kier alpha value is -1.37. The maximum Gasteiger partial charge on any atom is 0.247 e. The van der Waals surface area contributed by atoms with E-state index in [1.807, 2.05) is 0 Å². The van der Waals surface area contributed by atoms with Gasteiger partial charge in [0.2, 0.25) is 10.0 Å². The lowest BCUT2D eigenvalue weighted by Crippen LogP contribution is -2.31. The first-order valence-electron chi connectivity index (χ1n) is 5.48. The van der Waals surface area contributed by atoms with Crippen molar-refractivity contribution in [3.8, 4) is 0 Å². The predicted molar refractivity (Wildman–Crippen MR) is 70.5 cm³/mol. The molecule has 2 N–H and O–H groups in total. The number of rotatable bonds is 7. The summed E-state index contributed by atoms with van der Waals surface area (Å²) in [6.45, 7) is 9.31. The van der Waals surface area contributed by atoms with Gasteiger partial charge in [-0.3, -0.25) is 0 Å².